The molecule has 0 bridgehead atoms. The van der Waals surface area contributed by atoms with Crippen molar-refractivity contribution in [1.29, 1.82) is 0 Å². The standard InChI is InChI=1S/C31H36BrN7O8/c1-16(40)36-24(13-18-15-35-21-8-3-2-7-20(18)21)30(46)37-22(9-10-26(33)41)29(45)39-25(14-27(42)43)31(47)38-23(28(34)44)12-17-5-4-6-19(32)11-17/h2-8,11,15,22-25,35H,9-10,12-14H2,1H3,(H2,33,41)(H2,34,44)(H,36,40)(H,37,46)(H,38,47)(H,39,45)(H,42,43)/t22-,23-,24+,25-/m0/s1. The Morgan fingerprint density at radius 3 is 2.09 bits per heavy atom. The van der Waals surface area contributed by atoms with Gasteiger partial charge in [0.15, 0.2) is 0 Å². The van der Waals surface area contributed by atoms with Crippen molar-refractivity contribution in [3.05, 3.63) is 70.3 Å². The molecule has 1 aromatic heterocycles. The molecule has 0 saturated carbocycles. The van der Waals surface area contributed by atoms with E-state index in [1.54, 1.807) is 30.5 Å². The van der Waals surface area contributed by atoms with Crippen LogP contribution in [0.1, 0.15) is 37.3 Å². The number of aromatic amines is 1. The Balaban J connectivity index is 1.80. The molecule has 47 heavy (non-hydrogen) atoms. The second kappa shape index (κ2) is 16.9. The summed E-state index contributed by atoms with van der Waals surface area (Å²) in [6.45, 7) is 1.22. The van der Waals surface area contributed by atoms with Crippen molar-refractivity contribution in [3.8, 4) is 0 Å². The average Bonchev–Trinajstić information content (AvgIpc) is 3.40. The van der Waals surface area contributed by atoms with Gasteiger partial charge in [0.25, 0.3) is 0 Å². The van der Waals surface area contributed by atoms with E-state index in [0.717, 1.165) is 10.9 Å². The number of halogens is 1. The quantitative estimate of drug-likeness (QED) is 0.0935. The van der Waals surface area contributed by atoms with E-state index in [9.17, 15) is 38.7 Å². The molecule has 6 amide bonds. The fourth-order valence-electron chi connectivity index (χ4n) is 4.85. The number of amides is 6. The normalized spacial score (nSPS) is 13.4. The van der Waals surface area contributed by atoms with Crippen molar-refractivity contribution < 1.29 is 38.7 Å². The highest BCUT2D eigenvalue weighted by Gasteiger charge is 2.32. The molecule has 0 aliphatic rings. The van der Waals surface area contributed by atoms with E-state index in [4.69, 9.17) is 11.5 Å². The molecular formula is C31H36BrN7O8. The monoisotopic (exact) mass is 713 g/mol. The number of hydrogen-bond acceptors (Lipinski definition) is 7. The molecule has 250 valence electrons. The lowest BCUT2D eigenvalue weighted by molar-refractivity contribution is -0.141. The van der Waals surface area contributed by atoms with E-state index in [0.29, 0.717) is 15.6 Å². The molecule has 15 nitrogen and oxygen atoms in total. The Morgan fingerprint density at radius 2 is 1.45 bits per heavy atom. The minimum Gasteiger partial charge on any atom is -0.481 e. The van der Waals surface area contributed by atoms with Crippen molar-refractivity contribution in [2.45, 2.75) is 63.2 Å². The molecular weight excluding hydrogens is 678 g/mol. The number of rotatable bonds is 17. The zero-order chi connectivity index (χ0) is 34.7. The number of carboxylic acids is 1. The number of fused-ring (bicyclic) bond motifs is 1. The van der Waals surface area contributed by atoms with Crippen LogP contribution < -0.4 is 32.7 Å². The first-order chi connectivity index (χ1) is 22.2. The number of nitrogens with two attached hydrogens (primary N) is 2. The van der Waals surface area contributed by atoms with Crippen molar-refractivity contribution in [2.24, 2.45) is 11.5 Å². The predicted octanol–water partition coefficient (Wildman–Crippen LogP) is -0.0998. The molecule has 0 fully saturated rings. The van der Waals surface area contributed by atoms with Crippen LogP contribution in [0.5, 0.6) is 0 Å². The number of nitrogens with one attached hydrogen (secondary N) is 5. The molecule has 2 aromatic carbocycles. The fourth-order valence-corrected chi connectivity index (χ4v) is 5.30. The largest absolute Gasteiger partial charge is 0.481 e. The van der Waals surface area contributed by atoms with Crippen LogP contribution in [-0.4, -0.2) is 75.7 Å². The van der Waals surface area contributed by atoms with E-state index >= 15 is 0 Å². The van der Waals surface area contributed by atoms with Crippen LogP contribution >= 0.6 is 15.9 Å². The van der Waals surface area contributed by atoms with Crippen LogP contribution in [0.4, 0.5) is 0 Å². The third-order valence-electron chi connectivity index (χ3n) is 7.11. The van der Waals surface area contributed by atoms with Gasteiger partial charge < -0.3 is 42.8 Å². The van der Waals surface area contributed by atoms with E-state index in [-0.39, 0.29) is 25.7 Å². The van der Waals surface area contributed by atoms with Gasteiger partial charge in [-0.3, -0.25) is 33.6 Å². The minimum atomic E-state index is -1.70. The number of carbonyl (C=O) groups is 7. The summed E-state index contributed by atoms with van der Waals surface area (Å²) in [5.41, 5.74) is 12.9. The van der Waals surface area contributed by atoms with Crippen LogP contribution in [0.2, 0.25) is 0 Å². The van der Waals surface area contributed by atoms with Gasteiger partial charge in [0, 0.05) is 47.8 Å². The van der Waals surface area contributed by atoms with Crippen LogP contribution in [-0.2, 0) is 46.4 Å². The molecule has 16 heteroatoms. The molecule has 0 saturated heterocycles. The average molecular weight is 715 g/mol. The van der Waals surface area contributed by atoms with Crippen molar-refractivity contribution in [3.63, 3.8) is 0 Å². The van der Waals surface area contributed by atoms with Gasteiger partial charge in [-0.25, -0.2) is 0 Å². The third kappa shape index (κ3) is 11.2. The van der Waals surface area contributed by atoms with Crippen molar-refractivity contribution >= 4 is 68.2 Å². The summed E-state index contributed by atoms with van der Waals surface area (Å²) in [5.74, 6) is -6.46. The smallest absolute Gasteiger partial charge is 0.305 e. The molecule has 1 heterocycles. The number of aromatic nitrogens is 1. The van der Waals surface area contributed by atoms with Crippen molar-refractivity contribution in [2.75, 3.05) is 0 Å². The minimum absolute atomic E-state index is 0.0213. The molecule has 10 N–H and O–H groups in total. The number of primary amides is 2. The molecule has 0 unspecified atom stereocenters. The third-order valence-corrected chi connectivity index (χ3v) is 7.60. The summed E-state index contributed by atoms with van der Waals surface area (Å²) in [6, 6.07) is 8.62. The zero-order valence-electron chi connectivity index (χ0n) is 25.4. The van der Waals surface area contributed by atoms with E-state index in [1.807, 2.05) is 24.3 Å². The van der Waals surface area contributed by atoms with Gasteiger partial charge in [-0.15, -0.1) is 0 Å². The molecule has 0 radical (unpaired) electrons. The Labute approximate surface area is 277 Å². The van der Waals surface area contributed by atoms with Gasteiger partial charge >= 0.3 is 5.97 Å². The number of aliphatic carboxylic acids is 1. The van der Waals surface area contributed by atoms with Gasteiger partial charge in [0.2, 0.25) is 35.4 Å². The van der Waals surface area contributed by atoms with E-state index in [2.05, 4.69) is 42.2 Å². The first-order valence-electron chi connectivity index (χ1n) is 14.5. The maximum Gasteiger partial charge on any atom is 0.305 e. The van der Waals surface area contributed by atoms with Crippen LogP contribution in [0.25, 0.3) is 10.9 Å². The summed E-state index contributed by atoms with van der Waals surface area (Å²) in [7, 11) is 0. The summed E-state index contributed by atoms with van der Waals surface area (Å²) in [5, 5.41) is 20.0. The topological polar surface area (TPSA) is 256 Å². The van der Waals surface area contributed by atoms with E-state index < -0.39 is 72.0 Å². The Bertz CT molecular complexity index is 1660. The van der Waals surface area contributed by atoms with E-state index in [1.165, 1.54) is 6.92 Å². The Morgan fingerprint density at radius 1 is 0.809 bits per heavy atom. The molecule has 4 atom stereocenters. The molecule has 0 spiro atoms. The SMILES string of the molecule is CC(=O)N[C@H](Cc1c[nH]c2ccccc12)C(=O)N[C@@H](CCC(N)=O)C(=O)N[C@@H](CC(=O)O)C(=O)N[C@@H](Cc1cccc(Br)c1)C(N)=O. The Hall–Kier alpha value is -5.25. The highest BCUT2D eigenvalue weighted by Crippen LogP contribution is 2.19. The summed E-state index contributed by atoms with van der Waals surface area (Å²) < 4.78 is 0.715. The summed E-state index contributed by atoms with van der Waals surface area (Å²) in [6.07, 6.45) is 0.169. The van der Waals surface area contributed by atoms with Crippen molar-refractivity contribution in [1.82, 2.24) is 26.3 Å². The molecule has 3 rings (SSSR count). The fraction of sp³-hybridized carbons (Fsp3) is 0.323. The number of benzene rings is 2. The number of hydrogen-bond donors (Lipinski definition) is 8. The van der Waals surface area contributed by atoms with Gasteiger partial charge in [0.05, 0.1) is 6.42 Å². The lowest BCUT2D eigenvalue weighted by Crippen LogP contribution is -2.58. The number of carbonyl (C=O) groups excluding carboxylic acids is 6. The zero-order valence-corrected chi connectivity index (χ0v) is 27.0. The van der Waals surface area contributed by atoms with Gasteiger partial charge in [0.1, 0.15) is 24.2 Å². The number of H-pyrrole nitrogens is 1. The number of carboxylic acid groups (broad SMARTS) is 1. The highest BCUT2D eigenvalue weighted by atomic mass is 79.9. The number of para-hydroxylation sites is 1. The molecule has 3 aromatic rings. The maximum absolute atomic E-state index is 13.5. The van der Waals surface area contributed by atoms with Gasteiger partial charge in [-0.2, -0.15) is 0 Å². The van der Waals surface area contributed by atoms with Crippen LogP contribution in [0.15, 0.2) is 59.2 Å². The van der Waals surface area contributed by atoms with Crippen LogP contribution in [0, 0.1) is 0 Å². The molecule has 0 aliphatic heterocycles. The predicted molar refractivity (Wildman–Crippen MR) is 173 cm³/mol. The Kier molecular flexibility index (Phi) is 13.0. The van der Waals surface area contributed by atoms with Crippen LogP contribution in [0.3, 0.4) is 0 Å². The molecule has 0 aliphatic carbocycles. The second-order valence-electron chi connectivity index (χ2n) is 10.8. The van der Waals surface area contributed by atoms with Gasteiger partial charge in [-0.05, 0) is 35.7 Å². The summed E-state index contributed by atoms with van der Waals surface area (Å²) in [4.78, 5) is 90.6. The first-order valence-corrected chi connectivity index (χ1v) is 15.3. The maximum atomic E-state index is 13.5. The lowest BCUT2D eigenvalue weighted by Gasteiger charge is -2.25. The van der Waals surface area contributed by atoms with Gasteiger partial charge in [-0.1, -0.05) is 46.3 Å². The first kappa shape index (κ1) is 36.2. The lowest BCUT2D eigenvalue weighted by atomic mass is 10.0. The second-order valence-corrected chi connectivity index (χ2v) is 11.8. The summed E-state index contributed by atoms with van der Waals surface area (Å²) >= 11 is 3.32. The highest BCUT2D eigenvalue weighted by molar-refractivity contribution is 9.10.